The predicted molar refractivity (Wildman–Crippen MR) is 90.0 cm³/mol. The second-order valence-electron chi connectivity index (χ2n) is 6.41. The Morgan fingerprint density at radius 1 is 1.40 bits per heavy atom. The van der Waals surface area contributed by atoms with E-state index in [1.165, 1.54) is 0 Å². The van der Waals surface area contributed by atoms with Gasteiger partial charge in [-0.25, -0.2) is 0 Å². The highest BCUT2D eigenvalue weighted by atomic mass is 16.5. The number of carboxylic acids is 1. The summed E-state index contributed by atoms with van der Waals surface area (Å²) in [6, 6.07) is 7.19. The molecule has 1 N–H and O–H groups in total. The fourth-order valence-corrected chi connectivity index (χ4v) is 3.20. The number of aromatic nitrogens is 2. The van der Waals surface area contributed by atoms with Crippen molar-refractivity contribution in [2.75, 3.05) is 13.1 Å². The van der Waals surface area contributed by atoms with E-state index in [4.69, 9.17) is 9.63 Å². The summed E-state index contributed by atoms with van der Waals surface area (Å²) in [4.78, 5) is 29.6. The van der Waals surface area contributed by atoms with Gasteiger partial charge < -0.3 is 14.5 Å². The average molecular weight is 343 g/mol. The van der Waals surface area contributed by atoms with Crippen molar-refractivity contribution in [1.82, 2.24) is 15.0 Å². The van der Waals surface area contributed by atoms with Gasteiger partial charge in [0.05, 0.1) is 0 Å². The van der Waals surface area contributed by atoms with Gasteiger partial charge in [0.2, 0.25) is 11.7 Å². The maximum atomic E-state index is 12.8. The van der Waals surface area contributed by atoms with Crippen LogP contribution in [0, 0.1) is 12.8 Å². The Balaban J connectivity index is 1.71. The summed E-state index contributed by atoms with van der Waals surface area (Å²) in [5.74, 6) is 0.361. The number of hydrogen-bond acceptors (Lipinski definition) is 5. The van der Waals surface area contributed by atoms with Crippen LogP contribution in [-0.4, -0.2) is 45.1 Å². The maximum Gasteiger partial charge on any atom is 0.303 e. The lowest BCUT2D eigenvalue weighted by Gasteiger charge is -2.32. The maximum absolute atomic E-state index is 12.8. The summed E-state index contributed by atoms with van der Waals surface area (Å²) in [5.41, 5.74) is 1.32. The molecule has 7 nitrogen and oxygen atoms in total. The number of carboxylic acid groups (broad SMARTS) is 1. The zero-order chi connectivity index (χ0) is 17.8. The molecule has 1 aromatic heterocycles. The number of hydrogen-bond donors (Lipinski definition) is 1. The highest BCUT2D eigenvalue weighted by Crippen LogP contribution is 2.24. The molecule has 25 heavy (non-hydrogen) atoms. The number of piperidine rings is 1. The Morgan fingerprint density at radius 2 is 2.24 bits per heavy atom. The number of amides is 1. The van der Waals surface area contributed by atoms with Crippen molar-refractivity contribution < 1.29 is 19.2 Å². The lowest BCUT2D eigenvalue weighted by atomic mass is 9.93. The molecule has 1 amide bonds. The van der Waals surface area contributed by atoms with Gasteiger partial charge in [-0.2, -0.15) is 4.98 Å². The van der Waals surface area contributed by atoms with Gasteiger partial charge in [-0.1, -0.05) is 17.3 Å². The Bertz CT molecular complexity index is 771. The van der Waals surface area contributed by atoms with E-state index in [1.807, 2.05) is 11.0 Å². The molecule has 3 rings (SSSR count). The first-order valence-electron chi connectivity index (χ1n) is 8.45. The monoisotopic (exact) mass is 343 g/mol. The van der Waals surface area contributed by atoms with Gasteiger partial charge in [0.1, 0.15) is 0 Å². The van der Waals surface area contributed by atoms with Crippen LogP contribution >= 0.6 is 0 Å². The number of carbonyl (C=O) groups is 2. The molecule has 1 unspecified atom stereocenters. The first kappa shape index (κ1) is 17.1. The van der Waals surface area contributed by atoms with Crippen LogP contribution in [-0.2, 0) is 4.79 Å². The molecule has 1 atom stereocenters. The minimum Gasteiger partial charge on any atom is -0.481 e. The molecular weight excluding hydrogens is 322 g/mol. The molecule has 132 valence electrons. The fourth-order valence-electron chi connectivity index (χ4n) is 3.20. The van der Waals surface area contributed by atoms with Crippen LogP contribution in [0.4, 0.5) is 0 Å². The first-order chi connectivity index (χ1) is 12.0. The number of aliphatic carboxylic acids is 1. The quantitative estimate of drug-likeness (QED) is 0.896. The molecule has 2 aromatic rings. The number of carbonyl (C=O) groups excluding carboxylic acids is 1. The third-order valence-corrected chi connectivity index (χ3v) is 4.47. The lowest BCUT2D eigenvalue weighted by Crippen LogP contribution is -2.40. The van der Waals surface area contributed by atoms with Crippen molar-refractivity contribution >= 4 is 11.9 Å². The molecule has 0 radical (unpaired) electrons. The van der Waals surface area contributed by atoms with Crippen molar-refractivity contribution in [3.05, 3.63) is 35.7 Å². The SMILES string of the molecule is Cc1nc(-c2cccc(C(=O)N3CCCC(CCC(=O)O)C3)c2)no1. The Kier molecular flexibility index (Phi) is 5.11. The van der Waals surface area contributed by atoms with Gasteiger partial charge in [-0.3, -0.25) is 9.59 Å². The third-order valence-electron chi connectivity index (χ3n) is 4.47. The molecule has 2 heterocycles. The molecular formula is C18H21N3O4. The first-order valence-corrected chi connectivity index (χ1v) is 8.45. The Hall–Kier alpha value is -2.70. The van der Waals surface area contributed by atoms with E-state index in [2.05, 4.69) is 10.1 Å². The van der Waals surface area contributed by atoms with Gasteiger partial charge in [-0.05, 0) is 37.3 Å². The van der Waals surface area contributed by atoms with Crippen LogP contribution in [0.5, 0.6) is 0 Å². The van der Waals surface area contributed by atoms with Crippen molar-refractivity contribution in [2.45, 2.75) is 32.6 Å². The van der Waals surface area contributed by atoms with Crippen molar-refractivity contribution in [3.8, 4) is 11.4 Å². The average Bonchev–Trinajstić information content (AvgIpc) is 3.06. The predicted octanol–water partition coefficient (Wildman–Crippen LogP) is 2.76. The van der Waals surface area contributed by atoms with E-state index in [0.717, 1.165) is 18.4 Å². The summed E-state index contributed by atoms with van der Waals surface area (Å²) >= 11 is 0. The number of rotatable bonds is 5. The van der Waals surface area contributed by atoms with Crippen molar-refractivity contribution in [2.24, 2.45) is 5.92 Å². The zero-order valence-electron chi connectivity index (χ0n) is 14.1. The molecule has 1 aromatic carbocycles. The van der Waals surface area contributed by atoms with Gasteiger partial charge in [0.25, 0.3) is 5.91 Å². The van der Waals surface area contributed by atoms with Crippen molar-refractivity contribution in [1.29, 1.82) is 0 Å². The Labute approximate surface area is 145 Å². The fraction of sp³-hybridized carbons (Fsp3) is 0.444. The molecule has 1 aliphatic heterocycles. The summed E-state index contributed by atoms with van der Waals surface area (Å²) in [7, 11) is 0. The molecule has 0 bridgehead atoms. The minimum absolute atomic E-state index is 0.0397. The van der Waals surface area contributed by atoms with Crippen molar-refractivity contribution in [3.63, 3.8) is 0 Å². The van der Waals surface area contributed by atoms with Crippen LogP contribution in [0.2, 0.25) is 0 Å². The van der Waals surface area contributed by atoms with Crippen LogP contribution in [0.3, 0.4) is 0 Å². The van der Waals surface area contributed by atoms with Gasteiger partial charge in [0, 0.05) is 37.6 Å². The highest BCUT2D eigenvalue weighted by Gasteiger charge is 2.25. The molecule has 0 spiro atoms. The van der Waals surface area contributed by atoms with E-state index < -0.39 is 5.97 Å². The van der Waals surface area contributed by atoms with E-state index >= 15 is 0 Å². The third kappa shape index (κ3) is 4.23. The summed E-state index contributed by atoms with van der Waals surface area (Å²) in [5, 5.41) is 12.7. The normalized spacial score (nSPS) is 17.5. The van der Waals surface area contributed by atoms with Gasteiger partial charge >= 0.3 is 5.97 Å². The summed E-state index contributed by atoms with van der Waals surface area (Å²) in [6.07, 6.45) is 2.64. The smallest absolute Gasteiger partial charge is 0.303 e. The number of likely N-dealkylation sites (tertiary alicyclic amines) is 1. The second-order valence-corrected chi connectivity index (χ2v) is 6.41. The molecule has 0 aliphatic carbocycles. The molecule has 1 saturated heterocycles. The molecule has 0 saturated carbocycles. The van der Waals surface area contributed by atoms with Crippen LogP contribution in [0.25, 0.3) is 11.4 Å². The topological polar surface area (TPSA) is 96.5 Å². The standard InChI is InChI=1S/C18H21N3O4/c1-12-19-17(20-25-12)14-5-2-6-15(10-14)18(24)21-9-3-4-13(11-21)7-8-16(22)23/h2,5-6,10,13H,3-4,7-9,11H2,1H3,(H,22,23). The number of nitrogens with zero attached hydrogens (tertiary/aromatic N) is 3. The van der Waals surface area contributed by atoms with Crippen LogP contribution < -0.4 is 0 Å². The summed E-state index contributed by atoms with van der Waals surface area (Å²) in [6.45, 7) is 3.03. The van der Waals surface area contributed by atoms with E-state index in [1.54, 1.807) is 25.1 Å². The van der Waals surface area contributed by atoms with Crippen LogP contribution in [0.15, 0.2) is 28.8 Å². The summed E-state index contributed by atoms with van der Waals surface area (Å²) < 4.78 is 4.99. The second kappa shape index (κ2) is 7.46. The number of aryl methyl sites for hydroxylation is 1. The van der Waals surface area contributed by atoms with Crippen LogP contribution in [0.1, 0.15) is 41.9 Å². The Morgan fingerprint density at radius 3 is 2.96 bits per heavy atom. The number of benzene rings is 1. The molecule has 1 aliphatic rings. The molecule has 7 heteroatoms. The van der Waals surface area contributed by atoms with E-state index in [9.17, 15) is 9.59 Å². The van der Waals surface area contributed by atoms with E-state index in [0.29, 0.717) is 36.8 Å². The molecule has 1 fully saturated rings. The van der Waals surface area contributed by atoms with Gasteiger partial charge in [0.15, 0.2) is 0 Å². The minimum atomic E-state index is -0.786. The lowest BCUT2D eigenvalue weighted by molar-refractivity contribution is -0.137. The highest BCUT2D eigenvalue weighted by molar-refractivity contribution is 5.95. The van der Waals surface area contributed by atoms with Gasteiger partial charge in [-0.15, -0.1) is 0 Å². The zero-order valence-corrected chi connectivity index (χ0v) is 14.1. The van der Waals surface area contributed by atoms with E-state index in [-0.39, 0.29) is 18.2 Å². The largest absolute Gasteiger partial charge is 0.481 e.